The molecule has 6 heteroatoms. The van der Waals surface area contributed by atoms with Crippen molar-refractivity contribution in [3.05, 3.63) is 47.8 Å². The van der Waals surface area contributed by atoms with Gasteiger partial charge < -0.3 is 15.4 Å². The maximum absolute atomic E-state index is 13.4. The Hall–Kier alpha value is -2.34. The van der Waals surface area contributed by atoms with E-state index in [0.29, 0.717) is 0 Å². The number of fused-ring (bicyclic) bond motifs is 1. The van der Waals surface area contributed by atoms with Crippen LogP contribution in [0.3, 0.4) is 0 Å². The second kappa shape index (κ2) is 7.11. The van der Waals surface area contributed by atoms with Gasteiger partial charge in [-0.15, -0.1) is 0 Å². The highest BCUT2D eigenvalue weighted by molar-refractivity contribution is 5.85. The largest absolute Gasteiger partial charge is 0.497 e. The molecule has 6 nitrogen and oxygen atoms in total. The van der Waals surface area contributed by atoms with Crippen molar-refractivity contribution in [1.29, 1.82) is 0 Å². The van der Waals surface area contributed by atoms with Crippen LogP contribution in [0.4, 0.5) is 0 Å². The predicted molar refractivity (Wildman–Crippen MR) is 99.1 cm³/mol. The number of amides is 1. The zero-order valence-corrected chi connectivity index (χ0v) is 15.2. The quantitative estimate of drug-likeness (QED) is 0.883. The number of ether oxygens (including phenoxy) is 1. The molecule has 138 valence electrons. The van der Waals surface area contributed by atoms with E-state index in [1.807, 2.05) is 23.0 Å². The van der Waals surface area contributed by atoms with Crippen molar-refractivity contribution in [3.63, 3.8) is 0 Å². The number of nitrogens with zero attached hydrogens (tertiary/aromatic N) is 2. The molecule has 0 bridgehead atoms. The van der Waals surface area contributed by atoms with E-state index in [1.54, 1.807) is 13.3 Å². The van der Waals surface area contributed by atoms with Gasteiger partial charge in [-0.1, -0.05) is 6.07 Å². The molecule has 26 heavy (non-hydrogen) atoms. The molecule has 2 N–H and O–H groups in total. The summed E-state index contributed by atoms with van der Waals surface area (Å²) in [6.45, 7) is 1.65. The number of nitrogens with one attached hydrogen (secondary N) is 2. The lowest BCUT2D eigenvalue weighted by atomic mass is 9.84. The number of piperidine rings is 1. The molecule has 0 radical (unpaired) electrons. The molecule has 2 heterocycles. The van der Waals surface area contributed by atoms with Crippen molar-refractivity contribution in [3.8, 4) is 5.75 Å². The number of benzene rings is 1. The monoisotopic (exact) mass is 354 g/mol. The van der Waals surface area contributed by atoms with Crippen LogP contribution >= 0.6 is 0 Å². The molecule has 1 fully saturated rings. The number of carbonyl (C=O) groups excluding carboxylic acids is 1. The van der Waals surface area contributed by atoms with Gasteiger partial charge in [-0.2, -0.15) is 5.10 Å². The summed E-state index contributed by atoms with van der Waals surface area (Å²) in [5.74, 6) is 0.957. The molecule has 1 aliphatic carbocycles. The third-order valence-electron chi connectivity index (χ3n) is 5.77. The summed E-state index contributed by atoms with van der Waals surface area (Å²) in [5, 5.41) is 11.1. The van der Waals surface area contributed by atoms with Crippen LogP contribution in [0.1, 0.15) is 42.9 Å². The number of carbonyl (C=O) groups is 1. The van der Waals surface area contributed by atoms with E-state index < -0.39 is 5.54 Å². The fraction of sp³-hybridized carbons (Fsp3) is 0.500. The lowest BCUT2D eigenvalue weighted by Gasteiger charge is -2.38. The van der Waals surface area contributed by atoms with Crippen LogP contribution in [-0.4, -0.2) is 35.9 Å². The summed E-state index contributed by atoms with van der Waals surface area (Å²) < 4.78 is 7.20. The third-order valence-corrected chi connectivity index (χ3v) is 5.77. The SMILES string of the molecule is COc1ccc2c(c1)CCCC2NC(=O)C1(n2cccn2)CCNCC1. The summed E-state index contributed by atoms with van der Waals surface area (Å²) in [5.41, 5.74) is 1.90. The van der Waals surface area contributed by atoms with Crippen LogP contribution in [0.15, 0.2) is 36.7 Å². The zero-order chi connectivity index (χ0) is 18.0. The van der Waals surface area contributed by atoms with E-state index >= 15 is 0 Å². The summed E-state index contributed by atoms with van der Waals surface area (Å²) in [4.78, 5) is 13.4. The predicted octanol–water partition coefficient (Wildman–Crippen LogP) is 2.16. The molecule has 1 aromatic carbocycles. The van der Waals surface area contributed by atoms with E-state index in [9.17, 15) is 4.79 Å². The first kappa shape index (κ1) is 17.1. The van der Waals surface area contributed by atoms with Crippen LogP contribution in [0.25, 0.3) is 0 Å². The molecule has 1 aromatic heterocycles. The van der Waals surface area contributed by atoms with Gasteiger partial charge in [0.1, 0.15) is 11.3 Å². The molecule has 2 aromatic rings. The van der Waals surface area contributed by atoms with Crippen molar-refractivity contribution in [2.45, 2.75) is 43.7 Å². The Labute approximate surface area is 153 Å². The Kier molecular flexibility index (Phi) is 4.68. The number of hydrogen-bond acceptors (Lipinski definition) is 4. The fourth-order valence-corrected chi connectivity index (χ4v) is 4.28. The second-order valence-corrected chi connectivity index (χ2v) is 7.22. The van der Waals surface area contributed by atoms with Crippen LogP contribution in [0, 0.1) is 0 Å². The minimum absolute atomic E-state index is 0.0551. The molecule has 1 atom stereocenters. The molecular weight excluding hydrogens is 328 g/mol. The van der Waals surface area contributed by atoms with Gasteiger partial charge in [-0.3, -0.25) is 9.48 Å². The first-order valence-corrected chi connectivity index (χ1v) is 9.41. The van der Waals surface area contributed by atoms with Gasteiger partial charge in [-0.25, -0.2) is 0 Å². The first-order valence-electron chi connectivity index (χ1n) is 9.41. The molecular formula is C20H26N4O2. The van der Waals surface area contributed by atoms with Gasteiger partial charge in [0.15, 0.2) is 0 Å². The van der Waals surface area contributed by atoms with E-state index in [2.05, 4.69) is 27.9 Å². The highest BCUT2D eigenvalue weighted by Gasteiger charge is 2.43. The lowest BCUT2D eigenvalue weighted by Crippen LogP contribution is -2.55. The normalized spacial score (nSPS) is 21.7. The van der Waals surface area contributed by atoms with E-state index in [1.165, 1.54) is 11.1 Å². The van der Waals surface area contributed by atoms with Crippen LogP contribution in [0.2, 0.25) is 0 Å². The average molecular weight is 354 g/mol. The molecule has 0 spiro atoms. The number of aromatic nitrogens is 2. The summed E-state index contributed by atoms with van der Waals surface area (Å²) >= 11 is 0. The van der Waals surface area contributed by atoms with Gasteiger partial charge in [-0.05, 0) is 74.5 Å². The van der Waals surface area contributed by atoms with Crippen molar-refractivity contribution < 1.29 is 9.53 Å². The summed E-state index contributed by atoms with van der Waals surface area (Å²) in [7, 11) is 1.69. The standard InChI is InChI=1S/C20H26N4O2/c1-26-16-6-7-17-15(14-16)4-2-5-18(17)23-19(25)20(8-11-21-12-9-20)24-13-3-10-22-24/h3,6-7,10,13-14,18,21H,2,4-5,8-9,11-12H2,1H3,(H,23,25). The molecule has 2 aliphatic rings. The Balaban J connectivity index is 1.60. The van der Waals surface area contributed by atoms with E-state index in [0.717, 1.165) is 50.9 Å². The second-order valence-electron chi connectivity index (χ2n) is 7.22. The molecule has 4 rings (SSSR count). The van der Waals surface area contributed by atoms with Crippen molar-refractivity contribution in [2.24, 2.45) is 0 Å². The molecule has 0 saturated carbocycles. The van der Waals surface area contributed by atoms with E-state index in [-0.39, 0.29) is 11.9 Å². The van der Waals surface area contributed by atoms with Gasteiger partial charge in [0.05, 0.1) is 13.2 Å². The van der Waals surface area contributed by atoms with Crippen molar-refractivity contribution >= 4 is 5.91 Å². The Morgan fingerprint density at radius 2 is 2.23 bits per heavy atom. The minimum Gasteiger partial charge on any atom is -0.497 e. The van der Waals surface area contributed by atoms with Gasteiger partial charge >= 0.3 is 0 Å². The van der Waals surface area contributed by atoms with Gasteiger partial charge in [0.25, 0.3) is 0 Å². The first-order chi connectivity index (χ1) is 12.7. The fourth-order valence-electron chi connectivity index (χ4n) is 4.28. The summed E-state index contributed by atoms with van der Waals surface area (Å²) in [6, 6.07) is 8.12. The van der Waals surface area contributed by atoms with Gasteiger partial charge in [0.2, 0.25) is 5.91 Å². The Bertz CT molecular complexity index is 766. The maximum Gasteiger partial charge on any atom is 0.248 e. The van der Waals surface area contributed by atoms with Crippen LogP contribution < -0.4 is 15.4 Å². The number of rotatable bonds is 4. The summed E-state index contributed by atoms with van der Waals surface area (Å²) in [6.07, 6.45) is 8.24. The highest BCUT2D eigenvalue weighted by Crippen LogP contribution is 2.34. The molecule has 1 amide bonds. The number of methoxy groups -OCH3 is 1. The average Bonchev–Trinajstić information content (AvgIpc) is 3.23. The zero-order valence-electron chi connectivity index (χ0n) is 15.2. The minimum atomic E-state index is -0.598. The molecule has 1 unspecified atom stereocenters. The smallest absolute Gasteiger partial charge is 0.248 e. The van der Waals surface area contributed by atoms with Crippen LogP contribution in [-0.2, 0) is 16.8 Å². The topological polar surface area (TPSA) is 68.2 Å². The molecule has 1 saturated heterocycles. The van der Waals surface area contributed by atoms with Gasteiger partial charge in [0, 0.05) is 12.4 Å². The van der Waals surface area contributed by atoms with Crippen LogP contribution in [0.5, 0.6) is 5.75 Å². The van der Waals surface area contributed by atoms with Crippen molar-refractivity contribution in [1.82, 2.24) is 20.4 Å². The highest BCUT2D eigenvalue weighted by atomic mass is 16.5. The maximum atomic E-state index is 13.4. The third kappa shape index (κ3) is 2.98. The van der Waals surface area contributed by atoms with E-state index in [4.69, 9.17) is 4.74 Å². The number of hydrogen-bond donors (Lipinski definition) is 2. The van der Waals surface area contributed by atoms with Crippen molar-refractivity contribution in [2.75, 3.05) is 20.2 Å². The lowest BCUT2D eigenvalue weighted by molar-refractivity contribution is -0.133. The molecule has 1 aliphatic heterocycles. The Morgan fingerprint density at radius 3 is 2.96 bits per heavy atom. The number of aryl methyl sites for hydroxylation is 1. The Morgan fingerprint density at radius 1 is 1.38 bits per heavy atom.